The van der Waals surface area contributed by atoms with Crippen LogP contribution in [-0.2, 0) is 0 Å². The van der Waals surface area contributed by atoms with E-state index in [4.69, 9.17) is 9.84 Å². The zero-order valence-corrected chi connectivity index (χ0v) is 5.03. The van der Waals surface area contributed by atoms with Crippen molar-refractivity contribution in [3.05, 3.63) is 18.2 Å². The molecule has 0 aliphatic carbocycles. The normalized spacial score (nSPS) is 8.10. The summed E-state index contributed by atoms with van der Waals surface area (Å²) < 4.78 is 4.72. The highest BCUT2D eigenvalue weighted by Crippen LogP contribution is 2.09. The van der Waals surface area contributed by atoms with Crippen LogP contribution in [0.4, 0.5) is 0 Å². The third-order valence-corrected chi connectivity index (χ3v) is 0.918. The largest absolute Gasteiger partial charge is 0.493 e. The van der Waals surface area contributed by atoms with Gasteiger partial charge in [-0.15, -0.1) is 0 Å². The Morgan fingerprint density at radius 1 is 1.50 bits per heavy atom. The molecule has 0 atom stereocenters. The first-order valence-corrected chi connectivity index (χ1v) is 2.53. The summed E-state index contributed by atoms with van der Waals surface area (Å²) in [5.74, 6) is 0.407. The number of nitrogens with zero attached hydrogens (tertiary/aromatic N) is 1. The smallest absolute Gasteiger partial charge is 0.216 e. The van der Waals surface area contributed by atoms with Crippen LogP contribution in [0, 0.1) is 0 Å². The summed E-state index contributed by atoms with van der Waals surface area (Å²) in [6.45, 7) is 0. The molecule has 1 aromatic rings. The van der Waals surface area contributed by atoms with Gasteiger partial charge in [-0.3, -0.25) is 0 Å². The van der Waals surface area contributed by atoms with Crippen LogP contribution in [-0.4, -0.2) is 17.2 Å². The maximum Gasteiger partial charge on any atom is 0.216 e. The molecule has 1 rings (SSSR count). The fraction of sp³-hybridized carbons (Fsp3) is 0.286. The number of hydrogen-bond acceptors (Lipinski definition) is 3. The fourth-order valence-electron chi connectivity index (χ4n) is 0.518. The minimum atomic E-state index is -0.0191. The molecular weight excluding hydrogens is 130 g/mol. The minimum Gasteiger partial charge on any atom is -0.493 e. The molecule has 0 unspecified atom stereocenters. The molecule has 1 N–H and O–H groups in total. The Kier molecular flexibility index (Phi) is 3.25. The van der Waals surface area contributed by atoms with Gasteiger partial charge in [0, 0.05) is 12.1 Å². The molecule has 3 nitrogen and oxygen atoms in total. The Morgan fingerprint density at radius 3 is 2.60 bits per heavy atom. The van der Waals surface area contributed by atoms with E-state index in [1.165, 1.54) is 13.2 Å². The fourth-order valence-corrected chi connectivity index (χ4v) is 0.518. The summed E-state index contributed by atoms with van der Waals surface area (Å²) in [5, 5.41) is 8.75. The molecule has 0 aromatic carbocycles. The van der Waals surface area contributed by atoms with Crippen LogP contribution in [0.15, 0.2) is 18.2 Å². The minimum absolute atomic E-state index is 0. The summed E-state index contributed by atoms with van der Waals surface area (Å²) in [6, 6.07) is 4.82. The summed E-state index contributed by atoms with van der Waals surface area (Å²) in [7, 11) is 1.50. The highest BCUT2D eigenvalue weighted by Gasteiger charge is 1.90. The van der Waals surface area contributed by atoms with Gasteiger partial charge in [0.1, 0.15) is 0 Å². The molecule has 10 heavy (non-hydrogen) atoms. The van der Waals surface area contributed by atoms with Crippen molar-refractivity contribution in [2.45, 2.75) is 7.43 Å². The molecule has 1 aromatic heterocycles. The molecule has 0 saturated heterocycles. The quantitative estimate of drug-likeness (QED) is 0.643. The second-order valence-corrected chi connectivity index (χ2v) is 1.54. The van der Waals surface area contributed by atoms with Crippen molar-refractivity contribution in [3.8, 4) is 11.8 Å². The van der Waals surface area contributed by atoms with Crippen molar-refractivity contribution < 1.29 is 9.84 Å². The van der Waals surface area contributed by atoms with Crippen LogP contribution in [0.25, 0.3) is 0 Å². The molecule has 1 heterocycles. The highest BCUT2D eigenvalue weighted by molar-refractivity contribution is 5.17. The second kappa shape index (κ2) is 3.71. The molecule has 0 saturated carbocycles. The van der Waals surface area contributed by atoms with Crippen molar-refractivity contribution in [1.82, 2.24) is 4.98 Å². The molecular formula is C7H11NO2. The van der Waals surface area contributed by atoms with Crippen LogP contribution in [0.5, 0.6) is 11.8 Å². The van der Waals surface area contributed by atoms with E-state index in [0.717, 1.165) is 0 Å². The zero-order valence-electron chi connectivity index (χ0n) is 5.03. The summed E-state index contributed by atoms with van der Waals surface area (Å²) >= 11 is 0. The number of hydrogen-bond donors (Lipinski definition) is 1. The predicted octanol–water partition coefficient (Wildman–Crippen LogP) is 1.43. The molecule has 0 radical (unpaired) electrons. The van der Waals surface area contributed by atoms with Crippen LogP contribution >= 0.6 is 0 Å². The van der Waals surface area contributed by atoms with Crippen molar-refractivity contribution in [2.75, 3.05) is 7.11 Å². The number of ether oxygens (including phenoxy) is 1. The van der Waals surface area contributed by atoms with E-state index in [0.29, 0.717) is 5.88 Å². The van der Waals surface area contributed by atoms with Gasteiger partial charge in [0.25, 0.3) is 0 Å². The Bertz CT molecular complexity index is 201. The number of pyridine rings is 1. The van der Waals surface area contributed by atoms with E-state index in [-0.39, 0.29) is 13.3 Å². The molecule has 0 bridgehead atoms. The van der Waals surface area contributed by atoms with Gasteiger partial charge in [-0.05, 0) is 0 Å². The third kappa shape index (κ3) is 1.93. The van der Waals surface area contributed by atoms with E-state index in [1.807, 2.05) is 0 Å². The van der Waals surface area contributed by atoms with Crippen LogP contribution in [0.3, 0.4) is 0 Å². The van der Waals surface area contributed by atoms with Crippen molar-refractivity contribution in [3.63, 3.8) is 0 Å². The van der Waals surface area contributed by atoms with Crippen LogP contribution < -0.4 is 4.74 Å². The van der Waals surface area contributed by atoms with Crippen LogP contribution in [0.1, 0.15) is 7.43 Å². The molecule has 56 valence electrons. The van der Waals surface area contributed by atoms with Gasteiger partial charge >= 0.3 is 0 Å². The molecule has 3 heteroatoms. The molecule has 0 aliphatic heterocycles. The standard InChI is InChI=1S/C6H7NO2.CH4/c1-9-6-4-2-3-5(8)7-6;/h2-4H,1H3,(H,7,8);1H4. The van der Waals surface area contributed by atoms with Crippen LogP contribution in [0.2, 0.25) is 0 Å². The van der Waals surface area contributed by atoms with E-state index < -0.39 is 0 Å². The number of aromatic hydroxyl groups is 1. The average Bonchev–Trinajstić information content (AvgIpc) is 1.88. The first-order valence-electron chi connectivity index (χ1n) is 2.53. The number of aromatic nitrogens is 1. The lowest BCUT2D eigenvalue weighted by Crippen LogP contribution is -1.84. The van der Waals surface area contributed by atoms with Gasteiger partial charge < -0.3 is 9.84 Å². The van der Waals surface area contributed by atoms with Gasteiger partial charge in [0.15, 0.2) is 0 Å². The van der Waals surface area contributed by atoms with Gasteiger partial charge in [-0.1, -0.05) is 13.5 Å². The topological polar surface area (TPSA) is 42.4 Å². The Hall–Kier alpha value is -1.25. The average molecular weight is 141 g/mol. The molecule has 0 fully saturated rings. The summed E-state index contributed by atoms with van der Waals surface area (Å²) in [4.78, 5) is 3.62. The van der Waals surface area contributed by atoms with Gasteiger partial charge in [0.2, 0.25) is 11.8 Å². The van der Waals surface area contributed by atoms with Crippen molar-refractivity contribution in [2.24, 2.45) is 0 Å². The zero-order chi connectivity index (χ0) is 6.69. The Balaban J connectivity index is 0.000000810. The van der Waals surface area contributed by atoms with Gasteiger partial charge in [-0.25, -0.2) is 0 Å². The molecule has 0 amide bonds. The maximum atomic E-state index is 8.75. The van der Waals surface area contributed by atoms with Crippen molar-refractivity contribution in [1.29, 1.82) is 0 Å². The number of methoxy groups -OCH3 is 1. The Labute approximate surface area is 60.3 Å². The molecule has 0 aliphatic rings. The Morgan fingerprint density at radius 2 is 2.20 bits per heavy atom. The molecule has 0 spiro atoms. The van der Waals surface area contributed by atoms with E-state index in [1.54, 1.807) is 12.1 Å². The summed E-state index contributed by atoms with van der Waals surface area (Å²) in [5.41, 5.74) is 0. The SMILES string of the molecule is C.COc1cccc(O)n1. The second-order valence-electron chi connectivity index (χ2n) is 1.54. The number of rotatable bonds is 1. The summed E-state index contributed by atoms with van der Waals surface area (Å²) in [6.07, 6.45) is 0. The maximum absolute atomic E-state index is 8.75. The third-order valence-electron chi connectivity index (χ3n) is 0.918. The predicted molar refractivity (Wildman–Crippen MR) is 39.2 cm³/mol. The first-order chi connectivity index (χ1) is 4.33. The first kappa shape index (κ1) is 8.75. The lowest BCUT2D eigenvalue weighted by molar-refractivity contribution is 0.380. The van der Waals surface area contributed by atoms with E-state index in [2.05, 4.69) is 4.98 Å². The lowest BCUT2D eigenvalue weighted by atomic mass is 10.5. The highest BCUT2D eigenvalue weighted by atomic mass is 16.5. The van der Waals surface area contributed by atoms with Gasteiger partial charge in [0.05, 0.1) is 7.11 Å². The lowest BCUT2D eigenvalue weighted by Gasteiger charge is -1.95. The van der Waals surface area contributed by atoms with E-state index in [9.17, 15) is 0 Å². The van der Waals surface area contributed by atoms with Gasteiger partial charge in [-0.2, -0.15) is 4.98 Å². The monoisotopic (exact) mass is 141 g/mol. The van der Waals surface area contributed by atoms with Crippen molar-refractivity contribution >= 4 is 0 Å². The van der Waals surface area contributed by atoms with E-state index >= 15 is 0 Å².